The van der Waals surface area contributed by atoms with E-state index in [1.807, 2.05) is 19.0 Å². The number of carbonyl (C=O) groups is 1. The largest absolute Gasteiger partial charge is 0.462 e. The predicted octanol–water partition coefficient (Wildman–Crippen LogP) is 1.33. The molecule has 0 atom stereocenters. The maximum absolute atomic E-state index is 11.9. The SMILES string of the molecule is CCOC(=O)c1cnn(C)c1CN(C)CC1(O)CCCC1. The van der Waals surface area contributed by atoms with E-state index in [1.54, 1.807) is 17.8 Å². The number of aryl methyl sites for hydroxylation is 1. The monoisotopic (exact) mass is 295 g/mol. The van der Waals surface area contributed by atoms with E-state index in [-0.39, 0.29) is 5.97 Å². The van der Waals surface area contributed by atoms with Crippen LogP contribution in [0.3, 0.4) is 0 Å². The summed E-state index contributed by atoms with van der Waals surface area (Å²) in [6.45, 7) is 3.31. The maximum atomic E-state index is 11.9. The summed E-state index contributed by atoms with van der Waals surface area (Å²) in [7, 11) is 3.77. The minimum absolute atomic E-state index is 0.339. The van der Waals surface area contributed by atoms with E-state index in [2.05, 4.69) is 5.10 Å². The van der Waals surface area contributed by atoms with Crippen molar-refractivity contribution in [2.45, 2.75) is 44.8 Å². The highest BCUT2D eigenvalue weighted by atomic mass is 16.5. The molecule has 6 heteroatoms. The fraction of sp³-hybridized carbons (Fsp3) is 0.733. The molecule has 1 saturated carbocycles. The standard InChI is InChI=1S/C15H25N3O3/c1-4-21-14(19)12-9-16-18(3)13(12)10-17(2)11-15(20)7-5-6-8-15/h9,20H,4-8,10-11H2,1-3H3. The number of likely N-dealkylation sites (N-methyl/N-ethyl adjacent to an activating group) is 1. The number of hydrogen-bond acceptors (Lipinski definition) is 5. The molecule has 1 aromatic rings. The first kappa shape index (κ1) is 16.0. The third kappa shape index (κ3) is 3.83. The summed E-state index contributed by atoms with van der Waals surface area (Å²) in [5, 5.41) is 14.6. The molecule has 1 N–H and O–H groups in total. The molecule has 0 spiro atoms. The number of hydrogen-bond donors (Lipinski definition) is 1. The number of esters is 1. The molecular weight excluding hydrogens is 270 g/mol. The van der Waals surface area contributed by atoms with Gasteiger partial charge in [0.2, 0.25) is 0 Å². The quantitative estimate of drug-likeness (QED) is 0.802. The molecule has 0 saturated heterocycles. The molecule has 21 heavy (non-hydrogen) atoms. The molecule has 1 aliphatic carbocycles. The molecule has 2 rings (SSSR count). The maximum Gasteiger partial charge on any atom is 0.341 e. The lowest BCUT2D eigenvalue weighted by Crippen LogP contribution is -2.39. The van der Waals surface area contributed by atoms with Crippen molar-refractivity contribution in [2.75, 3.05) is 20.2 Å². The number of rotatable bonds is 6. The zero-order valence-electron chi connectivity index (χ0n) is 13.1. The van der Waals surface area contributed by atoms with E-state index in [0.717, 1.165) is 31.4 Å². The second-order valence-corrected chi connectivity index (χ2v) is 5.95. The number of ether oxygens (including phenoxy) is 1. The van der Waals surface area contributed by atoms with Gasteiger partial charge in [-0.1, -0.05) is 12.8 Å². The van der Waals surface area contributed by atoms with Crippen molar-refractivity contribution in [1.82, 2.24) is 14.7 Å². The average molecular weight is 295 g/mol. The van der Waals surface area contributed by atoms with Gasteiger partial charge in [-0.3, -0.25) is 9.58 Å². The van der Waals surface area contributed by atoms with Gasteiger partial charge in [0.25, 0.3) is 0 Å². The first-order valence-electron chi connectivity index (χ1n) is 7.54. The highest BCUT2D eigenvalue weighted by Gasteiger charge is 2.32. The minimum atomic E-state index is -0.586. The summed E-state index contributed by atoms with van der Waals surface area (Å²) in [6.07, 6.45) is 5.43. The second kappa shape index (κ2) is 6.58. The Bertz CT molecular complexity index is 492. The van der Waals surface area contributed by atoms with Crippen molar-refractivity contribution >= 4 is 5.97 Å². The van der Waals surface area contributed by atoms with Crippen molar-refractivity contribution in [3.63, 3.8) is 0 Å². The lowest BCUT2D eigenvalue weighted by Gasteiger charge is -2.28. The zero-order valence-corrected chi connectivity index (χ0v) is 13.1. The van der Waals surface area contributed by atoms with E-state index < -0.39 is 5.60 Å². The Balaban J connectivity index is 2.04. The normalized spacial score (nSPS) is 17.4. The van der Waals surface area contributed by atoms with Crippen LogP contribution in [-0.4, -0.2) is 51.6 Å². The van der Waals surface area contributed by atoms with E-state index in [0.29, 0.717) is 25.3 Å². The van der Waals surface area contributed by atoms with Gasteiger partial charge >= 0.3 is 5.97 Å². The van der Waals surface area contributed by atoms with Crippen molar-refractivity contribution in [2.24, 2.45) is 7.05 Å². The molecular formula is C15H25N3O3. The summed E-state index contributed by atoms with van der Waals surface area (Å²) >= 11 is 0. The molecule has 0 radical (unpaired) electrons. The van der Waals surface area contributed by atoms with Crippen molar-refractivity contribution < 1.29 is 14.6 Å². The summed E-state index contributed by atoms with van der Waals surface area (Å²) in [5.74, 6) is -0.339. The summed E-state index contributed by atoms with van der Waals surface area (Å²) in [5.41, 5.74) is 0.736. The topological polar surface area (TPSA) is 67.6 Å². The van der Waals surface area contributed by atoms with Gasteiger partial charge in [-0.15, -0.1) is 0 Å². The Kier molecular flexibility index (Phi) is 5.00. The molecule has 0 aliphatic heterocycles. The zero-order chi connectivity index (χ0) is 15.5. The summed E-state index contributed by atoms with van der Waals surface area (Å²) in [4.78, 5) is 14.0. The van der Waals surface area contributed by atoms with Gasteiger partial charge in [0.1, 0.15) is 5.56 Å². The predicted molar refractivity (Wildman–Crippen MR) is 78.9 cm³/mol. The highest BCUT2D eigenvalue weighted by Crippen LogP contribution is 2.30. The Labute approximate surface area is 125 Å². The van der Waals surface area contributed by atoms with Crippen LogP contribution in [0.5, 0.6) is 0 Å². The fourth-order valence-electron chi connectivity index (χ4n) is 3.03. The van der Waals surface area contributed by atoms with E-state index in [9.17, 15) is 9.90 Å². The van der Waals surface area contributed by atoms with Gasteiger partial charge in [0, 0.05) is 20.1 Å². The molecule has 118 valence electrons. The lowest BCUT2D eigenvalue weighted by atomic mass is 10.0. The van der Waals surface area contributed by atoms with Gasteiger partial charge < -0.3 is 9.84 Å². The van der Waals surface area contributed by atoms with Gasteiger partial charge in [-0.2, -0.15) is 5.10 Å². The van der Waals surface area contributed by atoms with Crippen LogP contribution in [-0.2, 0) is 18.3 Å². The first-order chi connectivity index (χ1) is 9.95. The molecule has 1 fully saturated rings. The van der Waals surface area contributed by atoms with Crippen LogP contribution in [0.4, 0.5) is 0 Å². The second-order valence-electron chi connectivity index (χ2n) is 5.95. The number of nitrogens with zero attached hydrogens (tertiary/aromatic N) is 3. The Morgan fingerprint density at radius 3 is 2.81 bits per heavy atom. The van der Waals surface area contributed by atoms with Crippen molar-refractivity contribution in [1.29, 1.82) is 0 Å². The lowest BCUT2D eigenvalue weighted by molar-refractivity contribution is 0.0139. The van der Waals surface area contributed by atoms with Gasteiger partial charge in [0.05, 0.1) is 24.1 Å². The van der Waals surface area contributed by atoms with Gasteiger partial charge in [-0.05, 0) is 26.8 Å². The smallest absolute Gasteiger partial charge is 0.341 e. The Hall–Kier alpha value is -1.40. The highest BCUT2D eigenvalue weighted by molar-refractivity contribution is 5.90. The van der Waals surface area contributed by atoms with E-state index in [1.165, 1.54) is 0 Å². The first-order valence-corrected chi connectivity index (χ1v) is 7.54. The van der Waals surface area contributed by atoms with Gasteiger partial charge in [-0.25, -0.2) is 4.79 Å². The van der Waals surface area contributed by atoms with Crippen LogP contribution in [0.25, 0.3) is 0 Å². The third-order valence-corrected chi connectivity index (χ3v) is 4.08. The van der Waals surface area contributed by atoms with E-state index in [4.69, 9.17) is 4.74 Å². The van der Waals surface area contributed by atoms with Crippen molar-refractivity contribution in [3.05, 3.63) is 17.5 Å². The Morgan fingerprint density at radius 2 is 2.19 bits per heavy atom. The number of aliphatic hydroxyl groups is 1. The summed E-state index contributed by atoms with van der Waals surface area (Å²) in [6, 6.07) is 0. The number of carbonyl (C=O) groups excluding carboxylic acids is 1. The van der Waals surface area contributed by atoms with Crippen LogP contribution >= 0.6 is 0 Å². The summed E-state index contributed by atoms with van der Waals surface area (Å²) < 4.78 is 6.75. The fourth-order valence-corrected chi connectivity index (χ4v) is 3.03. The van der Waals surface area contributed by atoms with Crippen LogP contribution in [0.2, 0.25) is 0 Å². The molecule has 0 bridgehead atoms. The average Bonchev–Trinajstić information content (AvgIpc) is 2.98. The number of aromatic nitrogens is 2. The van der Waals surface area contributed by atoms with Gasteiger partial charge in [0.15, 0.2) is 0 Å². The molecule has 0 aromatic carbocycles. The molecule has 0 amide bonds. The minimum Gasteiger partial charge on any atom is -0.462 e. The Morgan fingerprint density at radius 1 is 1.52 bits per heavy atom. The molecule has 0 unspecified atom stereocenters. The van der Waals surface area contributed by atoms with E-state index >= 15 is 0 Å². The van der Waals surface area contributed by atoms with Crippen LogP contribution in [0.1, 0.15) is 48.7 Å². The van der Waals surface area contributed by atoms with Crippen LogP contribution in [0, 0.1) is 0 Å². The molecule has 1 aromatic heterocycles. The molecule has 1 aliphatic rings. The van der Waals surface area contributed by atoms with Crippen molar-refractivity contribution in [3.8, 4) is 0 Å². The van der Waals surface area contributed by atoms with Crippen LogP contribution < -0.4 is 0 Å². The van der Waals surface area contributed by atoms with Crippen LogP contribution in [0.15, 0.2) is 6.20 Å². The third-order valence-electron chi connectivity index (χ3n) is 4.08. The molecule has 6 nitrogen and oxygen atoms in total. The molecule has 1 heterocycles.